The number of carbonyl (C=O) groups excluding carboxylic acids is 2. The molecule has 1 aliphatic rings. The Balaban J connectivity index is 1.92. The first kappa shape index (κ1) is 24.4. The fraction of sp³-hybridized carbons (Fsp3) is 0.783. The minimum Gasteiger partial charge on any atom is -0.449 e. The second kappa shape index (κ2) is 12.1. The van der Waals surface area contributed by atoms with Crippen molar-refractivity contribution in [2.75, 3.05) is 6.61 Å². The average molecular weight is 423 g/mol. The predicted octanol–water partition coefficient (Wildman–Crippen LogP) is 3.35. The molecule has 1 fully saturated rings. The summed E-state index contributed by atoms with van der Waals surface area (Å²) in [4.78, 5) is 36.6. The van der Waals surface area contributed by atoms with Crippen LogP contribution in [0, 0.1) is 11.8 Å². The first-order valence-electron chi connectivity index (χ1n) is 11.5. The number of unbranched alkanes of at least 4 members (excludes halogenated alkanes) is 1. The van der Waals surface area contributed by atoms with Crippen molar-refractivity contribution in [3.05, 3.63) is 21.9 Å². The summed E-state index contributed by atoms with van der Waals surface area (Å²) in [7, 11) is 0. The first-order valence-corrected chi connectivity index (χ1v) is 11.5. The molecule has 1 unspecified atom stereocenters. The van der Waals surface area contributed by atoms with Gasteiger partial charge in [0, 0.05) is 5.56 Å². The number of rotatable bonds is 12. The molecule has 3 atom stereocenters. The van der Waals surface area contributed by atoms with E-state index in [-0.39, 0.29) is 17.3 Å². The van der Waals surface area contributed by atoms with Crippen molar-refractivity contribution in [3.63, 3.8) is 0 Å². The fourth-order valence-corrected chi connectivity index (χ4v) is 4.00. The molecule has 2 rings (SSSR count). The third-order valence-corrected chi connectivity index (χ3v) is 5.87. The fourth-order valence-electron chi connectivity index (χ4n) is 4.00. The van der Waals surface area contributed by atoms with Gasteiger partial charge in [-0.25, -0.2) is 4.79 Å². The highest BCUT2D eigenvalue weighted by atomic mass is 16.5. The molecule has 0 spiro atoms. The van der Waals surface area contributed by atoms with E-state index in [0.717, 1.165) is 25.7 Å². The third kappa shape index (κ3) is 8.09. The molecule has 0 bridgehead atoms. The number of aliphatic hydroxyl groups excluding tert-OH is 1. The molecule has 1 aliphatic carbocycles. The summed E-state index contributed by atoms with van der Waals surface area (Å²) >= 11 is 0. The lowest BCUT2D eigenvalue weighted by Gasteiger charge is -2.27. The van der Waals surface area contributed by atoms with E-state index in [1.165, 1.54) is 25.3 Å². The van der Waals surface area contributed by atoms with Crippen LogP contribution in [0.3, 0.4) is 0 Å². The van der Waals surface area contributed by atoms with E-state index in [2.05, 4.69) is 10.6 Å². The normalized spacial score (nSPS) is 18.2. The standard InChI is InChI=1S/C23H38N2O5/c1-4-5-11-18(21(27)17-13-20(17)26)24-22(28)19(12-15(2)3)25-23(29)30-14-16-9-7-6-8-10-16/h13,15-16,18-19,21,27H,4-12,14H2,1-3H3,(H,24,28)(H,25,29)/t18-,19-,21?/m0/s1. The predicted molar refractivity (Wildman–Crippen MR) is 116 cm³/mol. The number of alkyl carbamates (subject to hydrolysis) is 1. The van der Waals surface area contributed by atoms with Crippen molar-refractivity contribution >= 4 is 12.0 Å². The minimum atomic E-state index is -1.01. The van der Waals surface area contributed by atoms with E-state index in [4.69, 9.17) is 4.74 Å². The van der Waals surface area contributed by atoms with Gasteiger partial charge in [0.25, 0.3) is 0 Å². The number of amides is 2. The van der Waals surface area contributed by atoms with Gasteiger partial charge in [0.2, 0.25) is 5.91 Å². The van der Waals surface area contributed by atoms with Crippen molar-refractivity contribution in [2.45, 2.75) is 96.7 Å². The molecule has 170 valence electrons. The Morgan fingerprint density at radius 1 is 1.20 bits per heavy atom. The van der Waals surface area contributed by atoms with Crippen molar-refractivity contribution in [1.29, 1.82) is 0 Å². The van der Waals surface area contributed by atoms with Crippen LogP contribution in [0.4, 0.5) is 4.79 Å². The zero-order valence-corrected chi connectivity index (χ0v) is 18.6. The molecule has 3 N–H and O–H groups in total. The Hall–Kier alpha value is -1.89. The molecular weight excluding hydrogens is 384 g/mol. The molecule has 1 saturated carbocycles. The van der Waals surface area contributed by atoms with Crippen LogP contribution in [-0.4, -0.2) is 35.8 Å². The summed E-state index contributed by atoms with van der Waals surface area (Å²) in [5, 5.41) is 16.0. The minimum absolute atomic E-state index is 0.165. The second-order valence-corrected chi connectivity index (χ2v) is 9.10. The van der Waals surface area contributed by atoms with E-state index in [9.17, 15) is 19.5 Å². The molecule has 0 aliphatic heterocycles. The Morgan fingerprint density at radius 3 is 2.43 bits per heavy atom. The zero-order valence-electron chi connectivity index (χ0n) is 18.6. The van der Waals surface area contributed by atoms with E-state index >= 15 is 0 Å². The van der Waals surface area contributed by atoms with Gasteiger partial charge >= 0.3 is 6.09 Å². The number of carbonyl (C=O) groups is 2. The SMILES string of the molecule is CCCC[C@H](NC(=O)[C@H](CC(C)C)NC(=O)OCC1CCCCC1)C(O)c1cc1=O. The van der Waals surface area contributed by atoms with Crippen LogP contribution in [0.5, 0.6) is 0 Å². The van der Waals surface area contributed by atoms with E-state index < -0.39 is 24.3 Å². The molecule has 30 heavy (non-hydrogen) atoms. The van der Waals surface area contributed by atoms with Gasteiger partial charge in [0.1, 0.15) is 12.1 Å². The van der Waals surface area contributed by atoms with Gasteiger partial charge in [0.05, 0.1) is 12.6 Å². The maximum atomic E-state index is 12.9. The molecule has 1 aromatic rings. The summed E-state index contributed by atoms with van der Waals surface area (Å²) in [5.74, 6) is 0.234. The van der Waals surface area contributed by atoms with Gasteiger partial charge < -0.3 is 20.5 Å². The zero-order chi connectivity index (χ0) is 22.1. The van der Waals surface area contributed by atoms with Gasteiger partial charge in [0.15, 0.2) is 5.43 Å². The van der Waals surface area contributed by atoms with Crippen LogP contribution >= 0.6 is 0 Å². The van der Waals surface area contributed by atoms with Gasteiger partial charge in [-0.15, -0.1) is 0 Å². The van der Waals surface area contributed by atoms with Crippen LogP contribution in [0.25, 0.3) is 0 Å². The molecule has 7 nitrogen and oxygen atoms in total. The topological polar surface area (TPSA) is 105 Å². The molecule has 1 aromatic carbocycles. The average Bonchev–Trinajstić information content (AvgIpc) is 3.45. The van der Waals surface area contributed by atoms with Gasteiger partial charge in [-0.05, 0) is 43.6 Å². The van der Waals surface area contributed by atoms with Gasteiger partial charge in [-0.3, -0.25) is 9.59 Å². The van der Waals surface area contributed by atoms with Gasteiger partial charge in [-0.2, -0.15) is 0 Å². The number of hydrogen-bond donors (Lipinski definition) is 3. The summed E-state index contributed by atoms with van der Waals surface area (Å²) < 4.78 is 5.39. The van der Waals surface area contributed by atoms with E-state index in [1.807, 2.05) is 20.8 Å². The van der Waals surface area contributed by atoms with Gasteiger partial charge in [-0.1, -0.05) is 52.9 Å². The third-order valence-electron chi connectivity index (χ3n) is 5.87. The van der Waals surface area contributed by atoms with E-state index in [1.54, 1.807) is 0 Å². The van der Waals surface area contributed by atoms with Crippen molar-refractivity contribution < 1.29 is 19.4 Å². The van der Waals surface area contributed by atoms with Crippen LogP contribution in [0.2, 0.25) is 0 Å². The molecule has 0 saturated heterocycles. The highest BCUT2D eigenvalue weighted by Gasteiger charge is 2.31. The smallest absolute Gasteiger partial charge is 0.407 e. The lowest BCUT2D eigenvalue weighted by molar-refractivity contribution is -0.125. The summed E-state index contributed by atoms with van der Waals surface area (Å²) in [6.45, 7) is 6.37. The van der Waals surface area contributed by atoms with Crippen molar-refractivity contribution in [2.24, 2.45) is 11.8 Å². The van der Waals surface area contributed by atoms with E-state index in [0.29, 0.717) is 30.9 Å². The van der Waals surface area contributed by atoms with Crippen LogP contribution in [-0.2, 0) is 9.53 Å². The quantitative estimate of drug-likeness (QED) is 0.479. The maximum absolute atomic E-state index is 12.9. The Kier molecular flexibility index (Phi) is 9.82. The number of nitrogens with one attached hydrogen (secondary N) is 2. The van der Waals surface area contributed by atoms with Crippen LogP contribution < -0.4 is 16.1 Å². The summed E-state index contributed by atoms with van der Waals surface area (Å²) in [6.07, 6.45) is 6.91. The largest absolute Gasteiger partial charge is 0.449 e. The Bertz CT molecular complexity index is 674. The Morgan fingerprint density at radius 2 is 1.87 bits per heavy atom. The van der Waals surface area contributed by atoms with Crippen LogP contribution in [0.15, 0.2) is 10.9 Å². The molecule has 7 heteroatoms. The highest BCUT2D eigenvalue weighted by Crippen LogP contribution is 2.24. The summed E-state index contributed by atoms with van der Waals surface area (Å²) in [5.41, 5.74) is 0.193. The molecule has 0 radical (unpaired) electrons. The lowest BCUT2D eigenvalue weighted by Crippen LogP contribution is -2.51. The number of hydrogen-bond acceptors (Lipinski definition) is 5. The lowest BCUT2D eigenvalue weighted by atomic mass is 9.90. The first-order chi connectivity index (χ1) is 14.3. The van der Waals surface area contributed by atoms with Crippen molar-refractivity contribution in [3.8, 4) is 0 Å². The molecular formula is C23H38N2O5. The van der Waals surface area contributed by atoms with Crippen LogP contribution in [0.1, 0.15) is 90.2 Å². The highest BCUT2D eigenvalue weighted by molar-refractivity contribution is 5.85. The summed E-state index contributed by atoms with van der Waals surface area (Å²) in [6, 6.07) is 0.0938. The maximum Gasteiger partial charge on any atom is 0.407 e. The molecule has 0 aromatic heterocycles. The number of ether oxygens (including phenoxy) is 1. The molecule has 0 heterocycles. The number of aliphatic hydroxyl groups is 1. The molecule has 2 amide bonds. The monoisotopic (exact) mass is 422 g/mol. The second-order valence-electron chi connectivity index (χ2n) is 9.10. The van der Waals surface area contributed by atoms with Crippen molar-refractivity contribution in [1.82, 2.24) is 10.6 Å². The Labute approximate surface area is 179 Å².